The number of nitrogens with one attached hydrogen (secondary N) is 1. The Balaban J connectivity index is 1.71. The number of hydrogen-bond acceptors (Lipinski definition) is 7. The molecule has 0 atom stereocenters. The first-order valence-electron chi connectivity index (χ1n) is 8.90. The van der Waals surface area contributed by atoms with Crippen LogP contribution in [0.1, 0.15) is 11.4 Å². The van der Waals surface area contributed by atoms with Gasteiger partial charge in [0.1, 0.15) is 29.7 Å². The first kappa shape index (κ1) is 20.5. The zero-order chi connectivity index (χ0) is 21.5. The molecule has 8 nitrogen and oxygen atoms in total. The van der Waals surface area contributed by atoms with Gasteiger partial charge in [-0.15, -0.1) is 0 Å². The monoisotopic (exact) mass is 405 g/mol. The van der Waals surface area contributed by atoms with Gasteiger partial charge in [0.15, 0.2) is 11.6 Å². The van der Waals surface area contributed by atoms with Crippen molar-refractivity contribution in [3.8, 4) is 17.6 Å². The molecule has 2 aromatic carbocycles. The molecule has 0 aliphatic heterocycles. The molecular weight excluding hydrogens is 386 g/mol. The van der Waals surface area contributed by atoms with Gasteiger partial charge in [0.2, 0.25) is 0 Å². The van der Waals surface area contributed by atoms with Crippen molar-refractivity contribution in [1.82, 2.24) is 9.97 Å². The third-order valence-electron chi connectivity index (χ3n) is 4.21. The molecule has 0 spiro atoms. The van der Waals surface area contributed by atoms with Crippen molar-refractivity contribution in [3.05, 3.63) is 65.7 Å². The predicted octanol–water partition coefficient (Wildman–Crippen LogP) is 3.63. The van der Waals surface area contributed by atoms with E-state index in [1.54, 1.807) is 30.3 Å². The first-order valence-corrected chi connectivity index (χ1v) is 8.90. The van der Waals surface area contributed by atoms with Gasteiger partial charge in [0.25, 0.3) is 0 Å². The molecule has 3 rings (SSSR count). The fourth-order valence-electron chi connectivity index (χ4n) is 2.71. The van der Waals surface area contributed by atoms with E-state index in [1.165, 1.54) is 26.4 Å². The molecule has 0 radical (unpaired) electrons. The number of H-pyrrole nitrogens is 1. The highest BCUT2D eigenvalue weighted by Crippen LogP contribution is 2.25. The molecular formula is C22H19N3O5. The van der Waals surface area contributed by atoms with Crippen molar-refractivity contribution in [2.45, 2.75) is 0 Å². The summed E-state index contributed by atoms with van der Waals surface area (Å²) in [6.07, 6.45) is 2.70. The Bertz CT molecular complexity index is 1140. The fourth-order valence-corrected chi connectivity index (χ4v) is 2.71. The molecule has 8 heteroatoms. The van der Waals surface area contributed by atoms with Gasteiger partial charge in [0.05, 0.1) is 25.3 Å². The number of benzene rings is 2. The van der Waals surface area contributed by atoms with E-state index in [4.69, 9.17) is 14.2 Å². The number of aromatic amines is 1. The average Bonchev–Trinajstić information content (AvgIpc) is 3.20. The number of ether oxygens (including phenoxy) is 3. The van der Waals surface area contributed by atoms with Crippen LogP contribution in [0.15, 0.2) is 54.3 Å². The second-order valence-electron chi connectivity index (χ2n) is 6.08. The average molecular weight is 405 g/mol. The minimum absolute atomic E-state index is 0.0996. The lowest BCUT2D eigenvalue weighted by Crippen LogP contribution is -2.06. The highest BCUT2D eigenvalue weighted by molar-refractivity contribution is 5.88. The van der Waals surface area contributed by atoms with Gasteiger partial charge in [0, 0.05) is 11.6 Å². The Kier molecular flexibility index (Phi) is 6.35. The number of rotatable bonds is 7. The van der Waals surface area contributed by atoms with Crippen LogP contribution >= 0.6 is 0 Å². The number of para-hydroxylation sites is 2. The Morgan fingerprint density at radius 3 is 2.73 bits per heavy atom. The normalized spacial score (nSPS) is 11.8. The highest BCUT2D eigenvalue weighted by atomic mass is 16.5. The Hall–Kier alpha value is -4.25. The number of allylic oxidation sites excluding steroid dienone is 1. The first-order chi connectivity index (χ1) is 14.5. The van der Waals surface area contributed by atoms with E-state index < -0.39 is 18.3 Å². The fraction of sp³-hybridized carbons (Fsp3) is 0.136. The van der Waals surface area contributed by atoms with Crippen LogP contribution in [0.4, 0.5) is 0 Å². The third kappa shape index (κ3) is 4.59. The van der Waals surface area contributed by atoms with E-state index in [-0.39, 0.29) is 11.4 Å². The molecule has 1 heterocycles. The lowest BCUT2D eigenvalue weighted by atomic mass is 10.1. The molecule has 0 aliphatic rings. The summed E-state index contributed by atoms with van der Waals surface area (Å²) >= 11 is 0. The smallest absolute Gasteiger partial charge is 0.331 e. The summed E-state index contributed by atoms with van der Waals surface area (Å²) in [5.41, 5.74) is 1.89. The molecule has 0 amide bonds. The van der Waals surface area contributed by atoms with Crippen LogP contribution in [-0.2, 0) is 9.53 Å². The predicted molar refractivity (Wildman–Crippen MR) is 111 cm³/mol. The number of aromatic nitrogens is 2. The summed E-state index contributed by atoms with van der Waals surface area (Å²) < 4.78 is 15.4. The Morgan fingerprint density at radius 2 is 2.03 bits per heavy atom. The molecule has 0 bridgehead atoms. The number of hydrogen-bond donors (Lipinski definition) is 2. The maximum atomic E-state index is 12.0. The van der Waals surface area contributed by atoms with Crippen molar-refractivity contribution >= 4 is 28.7 Å². The van der Waals surface area contributed by atoms with Crippen LogP contribution in [0.25, 0.3) is 22.7 Å². The number of methoxy groups -OCH3 is 2. The van der Waals surface area contributed by atoms with Crippen LogP contribution < -0.4 is 9.47 Å². The van der Waals surface area contributed by atoms with Crippen molar-refractivity contribution in [2.24, 2.45) is 0 Å². The summed E-state index contributed by atoms with van der Waals surface area (Å²) in [7, 11) is 3.05. The van der Waals surface area contributed by atoms with E-state index in [2.05, 4.69) is 9.97 Å². The van der Waals surface area contributed by atoms with Crippen LogP contribution in [0, 0.1) is 11.3 Å². The zero-order valence-corrected chi connectivity index (χ0v) is 16.4. The molecule has 0 saturated heterocycles. The van der Waals surface area contributed by atoms with Gasteiger partial charge in [-0.25, -0.2) is 9.78 Å². The Labute approximate surface area is 172 Å². The number of carbonyl (C=O) groups is 1. The van der Waals surface area contributed by atoms with E-state index in [9.17, 15) is 15.2 Å². The van der Waals surface area contributed by atoms with Crippen molar-refractivity contribution in [1.29, 1.82) is 5.26 Å². The van der Waals surface area contributed by atoms with Gasteiger partial charge >= 0.3 is 5.97 Å². The number of nitrogens with zero attached hydrogens (tertiary/aromatic N) is 2. The summed E-state index contributed by atoms with van der Waals surface area (Å²) in [5.74, 6) is 0.252. The van der Waals surface area contributed by atoms with Crippen molar-refractivity contribution < 1.29 is 24.1 Å². The maximum absolute atomic E-state index is 12.0. The highest BCUT2D eigenvalue weighted by Gasteiger charge is 2.14. The quantitative estimate of drug-likeness (QED) is 0.267. The van der Waals surface area contributed by atoms with E-state index in [0.29, 0.717) is 22.6 Å². The molecule has 152 valence electrons. The van der Waals surface area contributed by atoms with Crippen LogP contribution in [0.2, 0.25) is 0 Å². The van der Waals surface area contributed by atoms with E-state index >= 15 is 0 Å². The van der Waals surface area contributed by atoms with Crippen LogP contribution in [-0.4, -0.2) is 41.9 Å². The summed E-state index contributed by atoms with van der Waals surface area (Å²) in [4.78, 5) is 19.3. The van der Waals surface area contributed by atoms with Crippen molar-refractivity contribution in [2.75, 3.05) is 20.8 Å². The van der Waals surface area contributed by atoms with Crippen LogP contribution in [0.3, 0.4) is 0 Å². The second-order valence-corrected chi connectivity index (χ2v) is 6.08. The number of aliphatic hydroxyl groups is 1. The van der Waals surface area contributed by atoms with Gasteiger partial charge in [-0.2, -0.15) is 5.26 Å². The number of esters is 1. The summed E-state index contributed by atoms with van der Waals surface area (Å²) in [6.45, 7) is -0.474. The molecule has 2 N–H and O–H groups in total. The van der Waals surface area contributed by atoms with Gasteiger partial charge in [-0.3, -0.25) is 0 Å². The molecule has 0 aliphatic carbocycles. The Morgan fingerprint density at radius 1 is 1.23 bits per heavy atom. The molecule has 3 aromatic rings. The SMILES string of the molecule is COc1ccc(OC)c(/C=C/C(=O)OCC(O)=C(C#N)c2nc3ccccc3[nH]2)c1. The number of carbonyl (C=O) groups excluding carboxylic acids is 1. The minimum atomic E-state index is -0.701. The molecule has 1 aromatic heterocycles. The number of imidazole rings is 1. The van der Waals surface area contributed by atoms with Gasteiger partial charge in [-0.1, -0.05) is 12.1 Å². The van der Waals surface area contributed by atoms with Gasteiger partial charge < -0.3 is 24.3 Å². The lowest BCUT2D eigenvalue weighted by molar-refractivity contribution is -0.137. The molecule has 0 unspecified atom stereocenters. The zero-order valence-electron chi connectivity index (χ0n) is 16.4. The number of aliphatic hydroxyl groups excluding tert-OH is 1. The maximum Gasteiger partial charge on any atom is 0.331 e. The van der Waals surface area contributed by atoms with Crippen LogP contribution in [0.5, 0.6) is 11.5 Å². The molecule has 0 fully saturated rings. The van der Waals surface area contributed by atoms with Gasteiger partial charge in [-0.05, 0) is 36.4 Å². The lowest BCUT2D eigenvalue weighted by Gasteiger charge is -2.07. The number of nitriles is 1. The van der Waals surface area contributed by atoms with E-state index in [1.807, 2.05) is 18.2 Å². The summed E-state index contributed by atoms with van der Waals surface area (Å²) in [5, 5.41) is 19.6. The third-order valence-corrected chi connectivity index (χ3v) is 4.21. The topological polar surface area (TPSA) is 117 Å². The standard InChI is InChI=1S/C22H19N3O5/c1-28-15-8-9-20(29-2)14(11-15)7-10-21(27)30-13-19(26)16(12-23)22-24-17-5-3-4-6-18(17)25-22/h3-11,26H,13H2,1-2H3,(H,24,25)/b10-7+,19-16?. The number of fused-ring (bicyclic) bond motifs is 1. The molecule has 30 heavy (non-hydrogen) atoms. The van der Waals surface area contributed by atoms with Crippen molar-refractivity contribution in [3.63, 3.8) is 0 Å². The second kappa shape index (κ2) is 9.30. The van der Waals surface area contributed by atoms with E-state index in [0.717, 1.165) is 5.52 Å². The molecule has 0 saturated carbocycles. The largest absolute Gasteiger partial charge is 0.507 e. The summed E-state index contributed by atoms with van der Waals surface area (Å²) in [6, 6.07) is 14.3. The minimum Gasteiger partial charge on any atom is -0.507 e.